The Kier molecular flexibility index (Phi) is 2.47. The molecule has 0 bridgehead atoms. The lowest BCUT2D eigenvalue weighted by Gasteiger charge is -2.03. The molecule has 0 spiro atoms. The van der Waals surface area contributed by atoms with E-state index in [0.717, 1.165) is 0 Å². The fraction of sp³-hybridized carbons (Fsp3) is 0.222. The molecule has 0 saturated heterocycles. The maximum atomic E-state index is 13.1. The second-order valence-corrected chi connectivity index (χ2v) is 2.18. The molecule has 1 nitrogen and oxygen atoms in total. The van der Waals surface area contributed by atoms with Crippen LogP contribution in [0.3, 0.4) is 0 Å². The summed E-state index contributed by atoms with van der Waals surface area (Å²) in [5.74, 6) is -0.0175. The van der Waals surface area contributed by atoms with Gasteiger partial charge in [-0.15, -0.1) is 0 Å². The number of halogens is 1. The van der Waals surface area contributed by atoms with Crippen LogP contribution in [0.25, 0.3) is 0 Å². The number of ether oxygens (including phenoxy) is 1. The minimum atomic E-state index is -0.301. The zero-order valence-electron chi connectivity index (χ0n) is 6.43. The van der Waals surface area contributed by atoms with Crippen LogP contribution in [0.5, 0.6) is 5.75 Å². The highest BCUT2D eigenvalue weighted by molar-refractivity contribution is 5.31. The Labute approximate surface area is 65.8 Å². The van der Waals surface area contributed by atoms with Crippen LogP contribution in [0.1, 0.15) is 5.56 Å². The highest BCUT2D eigenvalue weighted by Gasteiger charge is 2.04. The predicted molar refractivity (Wildman–Crippen MR) is 42.0 cm³/mol. The molecule has 0 fully saturated rings. The fourth-order valence-electron chi connectivity index (χ4n) is 0.907. The van der Waals surface area contributed by atoms with Crippen LogP contribution in [0, 0.1) is 12.7 Å². The lowest BCUT2D eigenvalue weighted by molar-refractivity contribution is 0.384. The van der Waals surface area contributed by atoms with E-state index in [4.69, 9.17) is 4.74 Å². The second kappa shape index (κ2) is 3.37. The van der Waals surface area contributed by atoms with Gasteiger partial charge in [-0.05, 0) is 25.0 Å². The van der Waals surface area contributed by atoms with Crippen molar-refractivity contribution in [2.75, 3.05) is 7.11 Å². The molecule has 11 heavy (non-hydrogen) atoms. The minimum Gasteiger partial charge on any atom is -0.494 e. The van der Waals surface area contributed by atoms with Gasteiger partial charge in [0.1, 0.15) is 0 Å². The van der Waals surface area contributed by atoms with E-state index in [1.807, 2.05) is 0 Å². The summed E-state index contributed by atoms with van der Waals surface area (Å²) < 4.78 is 17.9. The van der Waals surface area contributed by atoms with Gasteiger partial charge in [0.2, 0.25) is 0 Å². The van der Waals surface area contributed by atoms with E-state index in [2.05, 4.69) is 6.92 Å². The van der Waals surface area contributed by atoms with Crippen LogP contribution < -0.4 is 4.74 Å². The Bertz CT molecular complexity index is 223. The van der Waals surface area contributed by atoms with Gasteiger partial charge in [0.05, 0.1) is 7.11 Å². The van der Waals surface area contributed by atoms with Gasteiger partial charge in [-0.2, -0.15) is 0 Å². The number of methoxy groups -OCH3 is 1. The van der Waals surface area contributed by atoms with Gasteiger partial charge in [-0.25, -0.2) is 4.39 Å². The zero-order chi connectivity index (χ0) is 8.27. The molecule has 1 rings (SSSR count). The molecule has 0 aromatic heterocycles. The smallest absolute Gasteiger partial charge is 0.168 e. The quantitative estimate of drug-likeness (QED) is 0.633. The Morgan fingerprint density at radius 2 is 2.27 bits per heavy atom. The molecule has 0 unspecified atom stereocenters. The topological polar surface area (TPSA) is 9.23 Å². The van der Waals surface area contributed by atoms with E-state index in [9.17, 15) is 4.39 Å². The largest absolute Gasteiger partial charge is 0.494 e. The van der Waals surface area contributed by atoms with Gasteiger partial charge in [0.15, 0.2) is 11.6 Å². The van der Waals surface area contributed by atoms with E-state index >= 15 is 0 Å². The van der Waals surface area contributed by atoms with Gasteiger partial charge in [0.25, 0.3) is 0 Å². The molecule has 0 amide bonds. The summed E-state index contributed by atoms with van der Waals surface area (Å²) >= 11 is 0. The fourth-order valence-corrected chi connectivity index (χ4v) is 0.907. The van der Waals surface area contributed by atoms with Gasteiger partial charge in [0, 0.05) is 0 Å². The van der Waals surface area contributed by atoms with E-state index < -0.39 is 0 Å². The van der Waals surface area contributed by atoms with Crippen molar-refractivity contribution in [3.8, 4) is 5.75 Å². The van der Waals surface area contributed by atoms with Crippen molar-refractivity contribution in [1.82, 2.24) is 0 Å². The first-order valence-electron chi connectivity index (χ1n) is 3.40. The molecule has 0 aliphatic rings. The first kappa shape index (κ1) is 8.05. The SMILES string of the molecule is [CH2]Cc1cccc(OC)c1F. The lowest BCUT2D eigenvalue weighted by atomic mass is 10.1. The summed E-state index contributed by atoms with van der Waals surface area (Å²) in [6.07, 6.45) is 0.447. The Morgan fingerprint density at radius 1 is 1.55 bits per heavy atom. The van der Waals surface area contributed by atoms with Crippen molar-refractivity contribution in [3.05, 3.63) is 36.5 Å². The van der Waals surface area contributed by atoms with Crippen molar-refractivity contribution in [1.29, 1.82) is 0 Å². The molecule has 0 aliphatic heterocycles. The Morgan fingerprint density at radius 3 is 2.82 bits per heavy atom. The maximum Gasteiger partial charge on any atom is 0.168 e. The van der Waals surface area contributed by atoms with E-state index in [-0.39, 0.29) is 11.6 Å². The van der Waals surface area contributed by atoms with Gasteiger partial charge < -0.3 is 4.74 Å². The Balaban J connectivity index is 3.10. The molecular weight excluding hydrogens is 143 g/mol. The summed E-state index contributed by atoms with van der Waals surface area (Å²) in [6, 6.07) is 5.04. The summed E-state index contributed by atoms with van der Waals surface area (Å²) in [6.45, 7) is 3.60. The van der Waals surface area contributed by atoms with Crippen molar-refractivity contribution in [2.45, 2.75) is 6.42 Å². The van der Waals surface area contributed by atoms with E-state index in [0.29, 0.717) is 12.0 Å². The third kappa shape index (κ3) is 1.50. The van der Waals surface area contributed by atoms with Gasteiger partial charge in [-0.3, -0.25) is 0 Å². The van der Waals surface area contributed by atoms with Gasteiger partial charge in [-0.1, -0.05) is 12.1 Å². The second-order valence-electron chi connectivity index (χ2n) is 2.18. The third-order valence-corrected chi connectivity index (χ3v) is 1.53. The first-order valence-corrected chi connectivity index (χ1v) is 3.40. The number of hydrogen-bond acceptors (Lipinski definition) is 1. The van der Waals surface area contributed by atoms with Crippen molar-refractivity contribution < 1.29 is 9.13 Å². The highest BCUT2D eigenvalue weighted by atomic mass is 19.1. The maximum absolute atomic E-state index is 13.1. The van der Waals surface area contributed by atoms with Crippen LogP contribution >= 0.6 is 0 Å². The van der Waals surface area contributed by atoms with Crippen LogP contribution in [0.2, 0.25) is 0 Å². The molecule has 1 aromatic carbocycles. The molecule has 0 heterocycles. The molecule has 2 heteroatoms. The summed E-state index contributed by atoms with van der Waals surface area (Å²) in [4.78, 5) is 0. The Hall–Kier alpha value is -1.05. The zero-order valence-corrected chi connectivity index (χ0v) is 6.43. The number of rotatable bonds is 2. The van der Waals surface area contributed by atoms with Crippen molar-refractivity contribution in [2.24, 2.45) is 0 Å². The lowest BCUT2D eigenvalue weighted by Crippen LogP contribution is -1.92. The number of benzene rings is 1. The predicted octanol–water partition coefficient (Wildman–Crippen LogP) is 2.21. The van der Waals surface area contributed by atoms with E-state index in [1.165, 1.54) is 7.11 Å². The van der Waals surface area contributed by atoms with Crippen LogP contribution in [0.4, 0.5) is 4.39 Å². The molecular formula is C9H10FO. The summed E-state index contributed by atoms with van der Waals surface area (Å²) in [5.41, 5.74) is 0.587. The molecule has 0 aliphatic carbocycles. The average Bonchev–Trinajstić information content (AvgIpc) is 2.05. The normalized spacial score (nSPS) is 9.73. The molecule has 1 radical (unpaired) electrons. The standard InChI is InChI=1S/C9H10FO/c1-3-7-5-4-6-8(11-2)9(7)10/h4-6H,1,3H2,2H3. The molecule has 0 N–H and O–H groups in total. The molecule has 1 aromatic rings. The highest BCUT2D eigenvalue weighted by Crippen LogP contribution is 2.19. The summed E-state index contributed by atoms with van der Waals surface area (Å²) in [7, 11) is 1.45. The molecule has 0 saturated carbocycles. The third-order valence-electron chi connectivity index (χ3n) is 1.53. The number of hydrogen-bond donors (Lipinski definition) is 0. The minimum absolute atomic E-state index is 0.283. The summed E-state index contributed by atoms with van der Waals surface area (Å²) in [5, 5.41) is 0. The van der Waals surface area contributed by atoms with Crippen molar-refractivity contribution in [3.63, 3.8) is 0 Å². The van der Waals surface area contributed by atoms with Gasteiger partial charge >= 0.3 is 0 Å². The van der Waals surface area contributed by atoms with E-state index in [1.54, 1.807) is 18.2 Å². The average molecular weight is 153 g/mol. The first-order chi connectivity index (χ1) is 5.29. The molecule has 0 atom stereocenters. The monoisotopic (exact) mass is 153 g/mol. The van der Waals surface area contributed by atoms with Crippen LogP contribution in [-0.4, -0.2) is 7.11 Å². The van der Waals surface area contributed by atoms with Crippen LogP contribution in [0.15, 0.2) is 18.2 Å². The van der Waals surface area contributed by atoms with Crippen molar-refractivity contribution >= 4 is 0 Å². The molecule has 59 valence electrons. The van der Waals surface area contributed by atoms with Crippen LogP contribution in [-0.2, 0) is 6.42 Å².